The van der Waals surface area contributed by atoms with E-state index >= 15 is 0 Å². The van der Waals surface area contributed by atoms with Gasteiger partial charge in [-0.1, -0.05) is 54.6 Å². The minimum Gasteiger partial charge on any atom is -0.465 e. The lowest BCUT2D eigenvalue weighted by Gasteiger charge is -2.13. The molecule has 4 aromatic rings. The van der Waals surface area contributed by atoms with E-state index in [1.165, 1.54) is 14.2 Å². The molecule has 0 amide bonds. The molecule has 1 unspecified atom stereocenters. The topological polar surface area (TPSA) is 91.7 Å². The predicted octanol–water partition coefficient (Wildman–Crippen LogP) is 4.25. The molecule has 8 nitrogen and oxygen atoms in total. The van der Waals surface area contributed by atoms with Crippen molar-refractivity contribution in [1.82, 2.24) is 14.3 Å². The number of ether oxygens (including phenoxy) is 2. The van der Waals surface area contributed by atoms with Crippen molar-refractivity contribution in [1.29, 1.82) is 0 Å². The Hall–Kier alpha value is -3.53. The highest BCUT2D eigenvalue weighted by Gasteiger charge is 2.19. The molecule has 0 aliphatic heterocycles. The van der Waals surface area contributed by atoms with Crippen molar-refractivity contribution >= 4 is 28.3 Å². The fourth-order valence-corrected chi connectivity index (χ4v) is 4.34. The first-order valence-corrected chi connectivity index (χ1v) is 12.2. The van der Waals surface area contributed by atoms with Crippen LogP contribution in [0.2, 0.25) is 0 Å². The van der Waals surface area contributed by atoms with Crippen LogP contribution in [-0.4, -0.2) is 40.6 Å². The average Bonchev–Trinajstić information content (AvgIpc) is 3.24. The highest BCUT2D eigenvalue weighted by molar-refractivity contribution is 7.78. The number of nitrogens with zero attached hydrogens (tertiary/aromatic N) is 2. The van der Waals surface area contributed by atoms with Gasteiger partial charge in [0.2, 0.25) is 11.3 Å². The first-order valence-electron chi connectivity index (χ1n) is 11.1. The van der Waals surface area contributed by atoms with Gasteiger partial charge in [0.05, 0.1) is 44.0 Å². The molecule has 0 spiro atoms. The maximum Gasteiger partial charge on any atom is 0.340 e. The summed E-state index contributed by atoms with van der Waals surface area (Å²) in [6.07, 6.45) is 0. The van der Waals surface area contributed by atoms with Crippen LogP contribution in [0.4, 0.5) is 0 Å². The first kappa shape index (κ1) is 24.6. The lowest BCUT2D eigenvalue weighted by molar-refractivity contribution is 0.0602. The van der Waals surface area contributed by atoms with Gasteiger partial charge in [-0.15, -0.1) is 0 Å². The standard InChI is InChI=1S/C26H27N3O5S/c1-4-34-26-28-23-11-7-10-22(25(30)32-2)24(23)29(26)17-18-12-14-19(15-13-18)21-9-6-5-8-20(21)16-27-35(31)33-3/h5-15,27H,4,16-17H2,1-3H3. The van der Waals surface area contributed by atoms with Crippen LogP contribution in [0.3, 0.4) is 0 Å². The number of benzene rings is 3. The maximum atomic E-state index is 12.4. The Bertz CT molecular complexity index is 1350. The quantitative estimate of drug-likeness (QED) is 0.332. The third-order valence-corrected chi connectivity index (χ3v) is 6.25. The maximum absolute atomic E-state index is 12.4. The highest BCUT2D eigenvalue weighted by Crippen LogP contribution is 2.28. The summed E-state index contributed by atoms with van der Waals surface area (Å²) in [4.78, 5) is 17.0. The van der Waals surface area contributed by atoms with Crippen molar-refractivity contribution in [3.05, 3.63) is 83.4 Å². The van der Waals surface area contributed by atoms with E-state index in [-0.39, 0.29) is 0 Å². The lowest BCUT2D eigenvalue weighted by Crippen LogP contribution is -2.17. The number of rotatable bonds is 10. The minimum absolute atomic E-state index is 0.410. The van der Waals surface area contributed by atoms with Gasteiger partial charge in [0.1, 0.15) is 0 Å². The summed E-state index contributed by atoms with van der Waals surface area (Å²) in [5.41, 5.74) is 5.88. The Morgan fingerprint density at radius 3 is 2.51 bits per heavy atom. The number of aromatic nitrogens is 2. The third kappa shape index (κ3) is 5.43. The highest BCUT2D eigenvalue weighted by atomic mass is 32.2. The summed E-state index contributed by atoms with van der Waals surface area (Å²) >= 11 is -1.54. The fraction of sp³-hybridized carbons (Fsp3) is 0.231. The van der Waals surface area contributed by atoms with Crippen molar-refractivity contribution in [2.45, 2.75) is 20.0 Å². The number of carbonyl (C=O) groups is 1. The molecule has 0 aliphatic carbocycles. The Labute approximate surface area is 206 Å². The molecule has 1 atom stereocenters. The van der Waals surface area contributed by atoms with E-state index in [4.69, 9.17) is 13.7 Å². The second-order valence-electron chi connectivity index (χ2n) is 7.65. The van der Waals surface area contributed by atoms with Crippen molar-refractivity contribution < 1.29 is 22.7 Å². The molecule has 1 N–H and O–H groups in total. The van der Waals surface area contributed by atoms with Crippen molar-refractivity contribution in [2.75, 3.05) is 20.8 Å². The van der Waals surface area contributed by atoms with E-state index in [0.717, 1.165) is 22.3 Å². The Kier molecular flexibility index (Phi) is 7.91. The van der Waals surface area contributed by atoms with Crippen LogP contribution < -0.4 is 9.46 Å². The van der Waals surface area contributed by atoms with Crippen LogP contribution >= 0.6 is 0 Å². The summed E-state index contributed by atoms with van der Waals surface area (Å²) in [7, 11) is 2.76. The molecule has 0 radical (unpaired) electrons. The largest absolute Gasteiger partial charge is 0.465 e. The summed E-state index contributed by atoms with van der Waals surface area (Å²) in [6, 6.07) is 21.9. The molecule has 3 aromatic carbocycles. The zero-order chi connectivity index (χ0) is 24.8. The van der Waals surface area contributed by atoms with E-state index in [9.17, 15) is 9.00 Å². The molecule has 35 heavy (non-hydrogen) atoms. The van der Waals surface area contributed by atoms with E-state index in [2.05, 4.69) is 9.71 Å². The van der Waals surface area contributed by atoms with Crippen molar-refractivity contribution in [3.63, 3.8) is 0 Å². The normalized spacial score (nSPS) is 12.0. The zero-order valence-corrected chi connectivity index (χ0v) is 20.6. The number of hydrogen-bond acceptors (Lipinski definition) is 6. The molecular formula is C26H27N3O5S. The van der Waals surface area contributed by atoms with Crippen LogP contribution in [0.1, 0.15) is 28.4 Å². The van der Waals surface area contributed by atoms with Crippen LogP contribution in [0.15, 0.2) is 66.7 Å². The Morgan fingerprint density at radius 1 is 1.03 bits per heavy atom. The molecule has 0 saturated heterocycles. The van der Waals surface area contributed by atoms with Gasteiger partial charge in [-0.2, -0.15) is 4.98 Å². The molecule has 9 heteroatoms. The lowest BCUT2D eigenvalue weighted by atomic mass is 9.99. The summed E-state index contributed by atoms with van der Waals surface area (Å²) in [6.45, 7) is 3.23. The molecule has 0 bridgehead atoms. The number of methoxy groups -OCH3 is 1. The number of fused-ring (bicyclic) bond motifs is 1. The predicted molar refractivity (Wildman–Crippen MR) is 135 cm³/mol. The first-order chi connectivity index (χ1) is 17.0. The summed E-state index contributed by atoms with van der Waals surface area (Å²) in [5, 5.41) is 0. The van der Waals surface area contributed by atoms with Crippen LogP contribution in [0, 0.1) is 0 Å². The van der Waals surface area contributed by atoms with Gasteiger partial charge in [0, 0.05) is 6.54 Å². The molecular weight excluding hydrogens is 466 g/mol. The van der Waals surface area contributed by atoms with Crippen LogP contribution in [0.5, 0.6) is 6.01 Å². The average molecular weight is 494 g/mol. The zero-order valence-electron chi connectivity index (χ0n) is 19.8. The van der Waals surface area contributed by atoms with E-state index in [1.54, 1.807) is 12.1 Å². The Balaban J connectivity index is 1.66. The molecule has 0 saturated carbocycles. The second kappa shape index (κ2) is 11.3. The molecule has 1 aromatic heterocycles. The molecule has 0 fully saturated rings. The molecule has 182 valence electrons. The Morgan fingerprint density at radius 2 is 1.80 bits per heavy atom. The SMILES string of the molecule is CCOc1nc2cccc(C(=O)OC)c2n1Cc1ccc(-c2ccccc2CNS(=O)OC)cc1. The molecule has 1 heterocycles. The van der Waals surface area contributed by atoms with Gasteiger partial charge in [0.15, 0.2) is 0 Å². The van der Waals surface area contributed by atoms with E-state index < -0.39 is 17.2 Å². The second-order valence-corrected chi connectivity index (χ2v) is 8.75. The number of para-hydroxylation sites is 1. The van der Waals surface area contributed by atoms with Crippen molar-refractivity contribution in [2.24, 2.45) is 0 Å². The number of imidazole rings is 1. The number of esters is 1. The van der Waals surface area contributed by atoms with Crippen LogP contribution in [-0.2, 0) is 33.3 Å². The molecule has 0 aliphatic rings. The number of carbonyl (C=O) groups excluding carboxylic acids is 1. The van der Waals surface area contributed by atoms with Gasteiger partial charge in [-0.05, 0) is 41.3 Å². The number of hydrogen-bond donors (Lipinski definition) is 1. The van der Waals surface area contributed by atoms with Gasteiger partial charge >= 0.3 is 5.97 Å². The van der Waals surface area contributed by atoms with Gasteiger partial charge in [-0.3, -0.25) is 8.75 Å². The minimum atomic E-state index is -1.54. The van der Waals surface area contributed by atoms with E-state index in [0.29, 0.717) is 42.3 Å². The molecule has 4 rings (SSSR count). The fourth-order valence-electron chi connectivity index (χ4n) is 3.95. The van der Waals surface area contributed by atoms with Crippen molar-refractivity contribution in [3.8, 4) is 17.1 Å². The van der Waals surface area contributed by atoms with Crippen LogP contribution in [0.25, 0.3) is 22.2 Å². The van der Waals surface area contributed by atoms with Gasteiger partial charge in [0.25, 0.3) is 6.01 Å². The smallest absolute Gasteiger partial charge is 0.340 e. The van der Waals surface area contributed by atoms with Gasteiger partial charge < -0.3 is 9.47 Å². The number of nitrogens with one attached hydrogen (secondary N) is 1. The monoisotopic (exact) mass is 493 g/mol. The van der Waals surface area contributed by atoms with E-state index in [1.807, 2.05) is 66.1 Å². The van der Waals surface area contributed by atoms with Gasteiger partial charge in [-0.25, -0.2) is 13.7 Å². The third-order valence-electron chi connectivity index (χ3n) is 5.57. The summed E-state index contributed by atoms with van der Waals surface area (Å²) < 4.78 is 31.9. The summed E-state index contributed by atoms with van der Waals surface area (Å²) in [5.74, 6) is -0.422.